The molecule has 1 aliphatic carbocycles. The second-order valence-corrected chi connectivity index (χ2v) is 6.31. The molecule has 0 aromatic carbocycles. The van der Waals surface area contributed by atoms with E-state index in [4.69, 9.17) is 0 Å². The largest absolute Gasteiger partial charge is 0.307 e. The molecule has 0 amide bonds. The molecular formula is C12H20N2S. The number of nitrogens with zero attached hydrogens (tertiary/aromatic N) is 1. The van der Waals surface area contributed by atoms with Crippen LogP contribution in [0.25, 0.3) is 0 Å². The van der Waals surface area contributed by atoms with Crippen molar-refractivity contribution in [3.63, 3.8) is 0 Å². The Balaban J connectivity index is 1.88. The van der Waals surface area contributed by atoms with Crippen molar-refractivity contribution in [1.29, 1.82) is 0 Å². The van der Waals surface area contributed by atoms with E-state index in [0.29, 0.717) is 17.5 Å². The molecule has 2 rings (SSSR count). The van der Waals surface area contributed by atoms with E-state index in [0.717, 1.165) is 0 Å². The second kappa shape index (κ2) is 4.22. The van der Waals surface area contributed by atoms with E-state index in [1.807, 2.05) is 11.7 Å². The first-order valence-electron chi connectivity index (χ1n) is 5.71. The fraction of sp³-hybridized carbons (Fsp3) is 0.750. The summed E-state index contributed by atoms with van der Waals surface area (Å²) >= 11 is 1.74. The van der Waals surface area contributed by atoms with E-state index >= 15 is 0 Å². The van der Waals surface area contributed by atoms with Gasteiger partial charge in [0.15, 0.2) is 0 Å². The molecule has 2 nitrogen and oxygen atoms in total. The van der Waals surface area contributed by atoms with Gasteiger partial charge in [0.25, 0.3) is 0 Å². The van der Waals surface area contributed by atoms with Crippen molar-refractivity contribution in [3.8, 4) is 0 Å². The maximum Gasteiger partial charge on any atom is 0.0794 e. The zero-order chi connectivity index (χ0) is 10.9. The van der Waals surface area contributed by atoms with Gasteiger partial charge in [-0.1, -0.05) is 13.8 Å². The van der Waals surface area contributed by atoms with E-state index in [2.05, 4.69) is 31.1 Å². The molecule has 1 saturated carbocycles. The number of aromatic nitrogens is 1. The summed E-state index contributed by atoms with van der Waals surface area (Å²) in [5, 5.41) is 3.71. The maximum atomic E-state index is 4.12. The number of hydrogen-bond donors (Lipinski definition) is 1. The molecule has 84 valence electrons. The lowest BCUT2D eigenvalue weighted by atomic mass is 9.92. The fourth-order valence-corrected chi connectivity index (χ4v) is 3.09. The molecule has 2 unspecified atom stereocenters. The molecule has 0 spiro atoms. The van der Waals surface area contributed by atoms with Gasteiger partial charge >= 0.3 is 0 Å². The summed E-state index contributed by atoms with van der Waals surface area (Å²) in [7, 11) is 0. The molecule has 1 heterocycles. The molecular weight excluding hydrogens is 204 g/mol. The first-order valence-corrected chi connectivity index (χ1v) is 6.59. The van der Waals surface area contributed by atoms with Gasteiger partial charge < -0.3 is 5.32 Å². The monoisotopic (exact) mass is 224 g/mol. The van der Waals surface area contributed by atoms with E-state index in [1.54, 1.807) is 11.3 Å². The molecule has 1 fully saturated rings. The quantitative estimate of drug-likeness (QED) is 0.851. The molecule has 1 N–H and O–H groups in total. The number of hydrogen-bond acceptors (Lipinski definition) is 3. The molecule has 2 atom stereocenters. The van der Waals surface area contributed by atoms with Crippen LogP contribution in [0.3, 0.4) is 0 Å². The van der Waals surface area contributed by atoms with Crippen molar-refractivity contribution < 1.29 is 0 Å². The van der Waals surface area contributed by atoms with Crippen LogP contribution in [0.4, 0.5) is 0 Å². The third kappa shape index (κ3) is 2.79. The Bertz CT molecular complexity index is 305. The number of nitrogens with one attached hydrogen (secondary N) is 1. The van der Waals surface area contributed by atoms with Crippen molar-refractivity contribution in [3.05, 3.63) is 16.6 Å². The first-order chi connectivity index (χ1) is 7.07. The highest BCUT2D eigenvalue weighted by atomic mass is 32.1. The summed E-state index contributed by atoms with van der Waals surface area (Å²) in [6.45, 7) is 6.97. The summed E-state index contributed by atoms with van der Waals surface area (Å²) in [4.78, 5) is 5.47. The van der Waals surface area contributed by atoms with Crippen molar-refractivity contribution >= 4 is 11.3 Å². The van der Waals surface area contributed by atoms with E-state index < -0.39 is 0 Å². The fourth-order valence-electron chi connectivity index (χ4n) is 2.45. The van der Waals surface area contributed by atoms with Crippen molar-refractivity contribution in [2.45, 2.75) is 52.1 Å². The molecule has 15 heavy (non-hydrogen) atoms. The Kier molecular flexibility index (Phi) is 3.12. The third-order valence-corrected chi connectivity index (χ3v) is 4.29. The normalized spacial score (nSPS) is 26.7. The van der Waals surface area contributed by atoms with Gasteiger partial charge in [-0.05, 0) is 31.6 Å². The van der Waals surface area contributed by atoms with Gasteiger partial charge in [-0.2, -0.15) is 0 Å². The van der Waals surface area contributed by atoms with E-state index in [9.17, 15) is 0 Å². The van der Waals surface area contributed by atoms with Crippen LogP contribution < -0.4 is 5.32 Å². The Morgan fingerprint density at radius 3 is 2.93 bits per heavy atom. The highest BCUT2D eigenvalue weighted by molar-refractivity contribution is 7.09. The Hall–Kier alpha value is -0.410. The van der Waals surface area contributed by atoms with Gasteiger partial charge in [0.1, 0.15) is 0 Å². The van der Waals surface area contributed by atoms with E-state index in [1.165, 1.54) is 24.1 Å². The smallest absolute Gasteiger partial charge is 0.0794 e. The van der Waals surface area contributed by atoms with Gasteiger partial charge in [-0.25, -0.2) is 0 Å². The van der Waals surface area contributed by atoms with Crippen LogP contribution in [0, 0.1) is 5.41 Å². The predicted octanol–water partition coefficient (Wildman–Crippen LogP) is 3.37. The molecule has 0 radical (unpaired) electrons. The van der Waals surface area contributed by atoms with Gasteiger partial charge in [0, 0.05) is 23.2 Å². The number of thiazole rings is 1. The third-order valence-electron chi connectivity index (χ3n) is 3.33. The summed E-state index contributed by atoms with van der Waals surface area (Å²) < 4.78 is 0. The van der Waals surface area contributed by atoms with Crippen molar-refractivity contribution in [1.82, 2.24) is 10.3 Å². The molecule has 3 heteroatoms. The van der Waals surface area contributed by atoms with Crippen LogP contribution in [-0.2, 0) is 0 Å². The van der Waals surface area contributed by atoms with Crippen molar-refractivity contribution in [2.75, 3.05) is 0 Å². The average molecular weight is 224 g/mol. The molecule has 0 saturated heterocycles. The van der Waals surface area contributed by atoms with Gasteiger partial charge in [0.2, 0.25) is 0 Å². The highest BCUT2D eigenvalue weighted by Crippen LogP contribution is 2.37. The lowest BCUT2D eigenvalue weighted by molar-refractivity contribution is 0.357. The van der Waals surface area contributed by atoms with Crippen LogP contribution in [-0.4, -0.2) is 11.0 Å². The molecule has 1 aromatic heterocycles. The van der Waals surface area contributed by atoms with Crippen LogP contribution in [0.5, 0.6) is 0 Å². The SMILES string of the molecule is CC(NC1CCC(C)(C)C1)c1cncs1. The van der Waals surface area contributed by atoms with Crippen LogP contribution in [0.15, 0.2) is 11.7 Å². The zero-order valence-corrected chi connectivity index (χ0v) is 10.6. The molecule has 1 aromatic rings. The predicted molar refractivity (Wildman–Crippen MR) is 65.1 cm³/mol. The molecule has 0 bridgehead atoms. The Morgan fingerprint density at radius 1 is 1.60 bits per heavy atom. The summed E-state index contributed by atoms with van der Waals surface area (Å²) in [5.74, 6) is 0. The highest BCUT2D eigenvalue weighted by Gasteiger charge is 2.31. The maximum absolute atomic E-state index is 4.12. The first kappa shape index (κ1) is 11.1. The van der Waals surface area contributed by atoms with Gasteiger partial charge in [-0.3, -0.25) is 4.98 Å². The lowest BCUT2D eigenvalue weighted by Crippen LogP contribution is -2.29. The summed E-state index contributed by atoms with van der Waals surface area (Å²) in [6, 6.07) is 1.15. The van der Waals surface area contributed by atoms with Gasteiger partial charge in [0.05, 0.1) is 5.51 Å². The number of rotatable bonds is 3. The minimum Gasteiger partial charge on any atom is -0.307 e. The van der Waals surface area contributed by atoms with Crippen LogP contribution >= 0.6 is 11.3 Å². The topological polar surface area (TPSA) is 24.9 Å². The standard InChI is InChI=1S/C12H20N2S/c1-9(11-7-13-8-15-11)14-10-4-5-12(2,3)6-10/h7-10,14H,4-6H2,1-3H3. The van der Waals surface area contributed by atoms with Crippen LogP contribution in [0.2, 0.25) is 0 Å². The zero-order valence-electron chi connectivity index (χ0n) is 9.79. The summed E-state index contributed by atoms with van der Waals surface area (Å²) in [6.07, 6.45) is 5.94. The molecule has 0 aliphatic heterocycles. The Labute approximate surface area is 96.1 Å². The van der Waals surface area contributed by atoms with Crippen molar-refractivity contribution in [2.24, 2.45) is 5.41 Å². The molecule has 1 aliphatic rings. The van der Waals surface area contributed by atoms with Gasteiger partial charge in [-0.15, -0.1) is 11.3 Å². The van der Waals surface area contributed by atoms with E-state index in [-0.39, 0.29) is 0 Å². The average Bonchev–Trinajstić information content (AvgIpc) is 2.74. The minimum atomic E-state index is 0.455. The second-order valence-electron chi connectivity index (χ2n) is 5.40. The lowest BCUT2D eigenvalue weighted by Gasteiger charge is -2.20. The Morgan fingerprint density at radius 2 is 2.40 bits per heavy atom. The summed E-state index contributed by atoms with van der Waals surface area (Å²) in [5.41, 5.74) is 2.44. The minimum absolute atomic E-state index is 0.455. The van der Waals surface area contributed by atoms with Crippen LogP contribution in [0.1, 0.15) is 51.0 Å².